The third kappa shape index (κ3) is 4.54. The third-order valence-electron chi connectivity index (χ3n) is 3.48. The average molecular weight is 264 g/mol. The fourth-order valence-electron chi connectivity index (χ4n) is 1.69. The Bertz CT molecular complexity index is 333. The molecule has 1 aliphatic rings. The van der Waals surface area contributed by atoms with Crippen LogP contribution in [0.1, 0.15) is 40.0 Å². The highest BCUT2D eigenvalue weighted by Crippen LogP contribution is 2.18. The molecular formula is C11H24N2O3S. The van der Waals surface area contributed by atoms with E-state index in [9.17, 15) is 13.5 Å². The number of rotatable bonds is 5. The summed E-state index contributed by atoms with van der Waals surface area (Å²) in [5.41, 5.74) is -0.976. The van der Waals surface area contributed by atoms with Crippen LogP contribution in [0.5, 0.6) is 0 Å². The van der Waals surface area contributed by atoms with Crippen molar-refractivity contribution < 1.29 is 13.5 Å². The van der Waals surface area contributed by atoms with Gasteiger partial charge in [-0.3, -0.25) is 0 Å². The summed E-state index contributed by atoms with van der Waals surface area (Å²) in [5, 5.41) is 9.78. The summed E-state index contributed by atoms with van der Waals surface area (Å²) in [6, 6.07) is 0. The molecule has 0 radical (unpaired) electrons. The zero-order valence-corrected chi connectivity index (χ0v) is 11.8. The second-order valence-corrected chi connectivity index (χ2v) is 7.01. The Labute approximate surface area is 104 Å². The van der Waals surface area contributed by atoms with Crippen LogP contribution in [-0.2, 0) is 10.2 Å². The van der Waals surface area contributed by atoms with Crippen molar-refractivity contribution in [3.8, 4) is 0 Å². The Morgan fingerprint density at radius 2 is 1.94 bits per heavy atom. The molecule has 1 unspecified atom stereocenters. The standard InChI is InChI=1S/C11H24N2O3S/c1-4-11(3,14)9-12-17(15,16)13-7-5-10(2)6-8-13/h10,12,14H,4-9H2,1-3H3. The summed E-state index contributed by atoms with van der Waals surface area (Å²) in [6.07, 6.45) is 2.34. The van der Waals surface area contributed by atoms with Crippen molar-refractivity contribution in [1.29, 1.82) is 0 Å². The molecule has 0 aromatic rings. The van der Waals surface area contributed by atoms with E-state index in [-0.39, 0.29) is 6.54 Å². The van der Waals surface area contributed by atoms with Gasteiger partial charge in [0.15, 0.2) is 0 Å². The van der Waals surface area contributed by atoms with Gasteiger partial charge in [0.25, 0.3) is 10.2 Å². The first kappa shape index (κ1) is 14.9. The third-order valence-corrected chi connectivity index (χ3v) is 5.03. The smallest absolute Gasteiger partial charge is 0.279 e. The van der Waals surface area contributed by atoms with Gasteiger partial charge in [0.2, 0.25) is 0 Å². The molecule has 6 heteroatoms. The van der Waals surface area contributed by atoms with Gasteiger partial charge in [0, 0.05) is 19.6 Å². The number of hydrogen-bond donors (Lipinski definition) is 2. The average Bonchev–Trinajstić information content (AvgIpc) is 2.27. The predicted molar refractivity (Wildman–Crippen MR) is 67.8 cm³/mol. The lowest BCUT2D eigenvalue weighted by Gasteiger charge is -2.30. The Morgan fingerprint density at radius 1 is 1.41 bits per heavy atom. The highest BCUT2D eigenvalue weighted by molar-refractivity contribution is 7.87. The maximum Gasteiger partial charge on any atom is 0.279 e. The van der Waals surface area contributed by atoms with Crippen molar-refractivity contribution in [2.24, 2.45) is 5.92 Å². The molecule has 1 rings (SSSR count). The molecule has 5 nitrogen and oxygen atoms in total. The van der Waals surface area contributed by atoms with Crippen LogP contribution >= 0.6 is 0 Å². The second-order valence-electron chi connectivity index (χ2n) is 5.26. The zero-order valence-electron chi connectivity index (χ0n) is 10.9. The SMILES string of the molecule is CCC(C)(O)CNS(=O)(=O)N1CCC(C)CC1. The van der Waals surface area contributed by atoms with E-state index in [1.807, 2.05) is 6.92 Å². The van der Waals surface area contributed by atoms with Gasteiger partial charge >= 0.3 is 0 Å². The van der Waals surface area contributed by atoms with Crippen molar-refractivity contribution in [2.75, 3.05) is 19.6 Å². The largest absolute Gasteiger partial charge is 0.389 e. The second kappa shape index (κ2) is 5.65. The van der Waals surface area contributed by atoms with Gasteiger partial charge in [-0.25, -0.2) is 0 Å². The van der Waals surface area contributed by atoms with Gasteiger partial charge in [-0.15, -0.1) is 0 Å². The van der Waals surface area contributed by atoms with E-state index in [0.29, 0.717) is 25.4 Å². The molecule has 17 heavy (non-hydrogen) atoms. The van der Waals surface area contributed by atoms with Crippen LogP contribution in [0.15, 0.2) is 0 Å². The minimum atomic E-state index is -3.43. The van der Waals surface area contributed by atoms with Crippen LogP contribution in [0, 0.1) is 5.92 Å². The Morgan fingerprint density at radius 3 is 2.41 bits per heavy atom. The molecule has 2 N–H and O–H groups in total. The summed E-state index contributed by atoms with van der Waals surface area (Å²) in [5.74, 6) is 0.597. The maximum absolute atomic E-state index is 12.0. The molecule has 1 fully saturated rings. The normalized spacial score (nSPS) is 23.5. The molecule has 0 amide bonds. The molecule has 1 heterocycles. The van der Waals surface area contributed by atoms with Gasteiger partial charge in [-0.1, -0.05) is 13.8 Å². The number of hydrogen-bond acceptors (Lipinski definition) is 3. The summed E-state index contributed by atoms with van der Waals surface area (Å²) in [6.45, 7) is 6.82. The van der Waals surface area contributed by atoms with E-state index >= 15 is 0 Å². The summed E-state index contributed by atoms with van der Waals surface area (Å²) >= 11 is 0. The quantitative estimate of drug-likeness (QED) is 0.768. The first-order chi connectivity index (χ1) is 7.77. The van der Waals surface area contributed by atoms with Crippen molar-refractivity contribution in [3.63, 3.8) is 0 Å². The molecule has 102 valence electrons. The number of nitrogens with zero attached hydrogens (tertiary/aromatic N) is 1. The molecule has 0 aliphatic carbocycles. The molecular weight excluding hydrogens is 240 g/mol. The fourth-order valence-corrected chi connectivity index (χ4v) is 3.06. The Balaban J connectivity index is 2.51. The highest BCUT2D eigenvalue weighted by Gasteiger charge is 2.28. The van der Waals surface area contributed by atoms with Gasteiger partial charge < -0.3 is 5.11 Å². The van der Waals surface area contributed by atoms with E-state index < -0.39 is 15.8 Å². The molecule has 0 aromatic heterocycles. The Kier molecular flexibility index (Phi) is 4.95. The minimum absolute atomic E-state index is 0.0673. The van der Waals surface area contributed by atoms with Crippen LogP contribution in [0.2, 0.25) is 0 Å². The van der Waals surface area contributed by atoms with Crippen molar-refractivity contribution in [3.05, 3.63) is 0 Å². The lowest BCUT2D eigenvalue weighted by molar-refractivity contribution is 0.0608. The van der Waals surface area contributed by atoms with Gasteiger partial charge in [-0.05, 0) is 32.1 Å². The number of nitrogens with one attached hydrogen (secondary N) is 1. The lowest BCUT2D eigenvalue weighted by atomic mass is 10.0. The molecule has 0 spiro atoms. The molecule has 1 aliphatic heterocycles. The molecule has 0 bridgehead atoms. The van der Waals surface area contributed by atoms with E-state index in [0.717, 1.165) is 12.8 Å². The lowest BCUT2D eigenvalue weighted by Crippen LogP contribution is -2.49. The maximum atomic E-state index is 12.0. The highest BCUT2D eigenvalue weighted by atomic mass is 32.2. The first-order valence-corrected chi connectivity index (χ1v) is 7.68. The molecule has 1 atom stereocenters. The van der Waals surface area contributed by atoms with Crippen molar-refractivity contribution in [1.82, 2.24) is 9.03 Å². The van der Waals surface area contributed by atoms with Crippen LogP contribution in [0.3, 0.4) is 0 Å². The van der Waals surface area contributed by atoms with Crippen LogP contribution in [0.25, 0.3) is 0 Å². The van der Waals surface area contributed by atoms with Crippen LogP contribution in [-0.4, -0.2) is 43.1 Å². The monoisotopic (exact) mass is 264 g/mol. The summed E-state index contributed by atoms with van der Waals surface area (Å²) in [4.78, 5) is 0. The van der Waals surface area contributed by atoms with E-state index in [1.54, 1.807) is 6.92 Å². The van der Waals surface area contributed by atoms with Crippen molar-refractivity contribution >= 4 is 10.2 Å². The van der Waals surface area contributed by atoms with Gasteiger partial charge in [0.1, 0.15) is 0 Å². The molecule has 0 aromatic carbocycles. The topological polar surface area (TPSA) is 69.6 Å². The van der Waals surface area contributed by atoms with Crippen LogP contribution in [0.4, 0.5) is 0 Å². The van der Waals surface area contributed by atoms with Gasteiger partial charge in [0.05, 0.1) is 5.60 Å². The number of piperidine rings is 1. The molecule has 1 saturated heterocycles. The summed E-state index contributed by atoms with van der Waals surface area (Å²) in [7, 11) is -3.43. The predicted octanol–water partition coefficient (Wildman–Crippen LogP) is 0.714. The minimum Gasteiger partial charge on any atom is -0.389 e. The van der Waals surface area contributed by atoms with E-state index in [2.05, 4.69) is 11.6 Å². The first-order valence-electron chi connectivity index (χ1n) is 6.24. The van der Waals surface area contributed by atoms with E-state index in [1.165, 1.54) is 4.31 Å². The number of aliphatic hydroxyl groups is 1. The van der Waals surface area contributed by atoms with Gasteiger partial charge in [-0.2, -0.15) is 17.4 Å². The van der Waals surface area contributed by atoms with Crippen LogP contribution < -0.4 is 4.72 Å². The zero-order chi connectivity index (χ0) is 13.1. The Hall–Kier alpha value is -0.170. The molecule has 0 saturated carbocycles. The van der Waals surface area contributed by atoms with Crippen molar-refractivity contribution in [2.45, 2.75) is 45.6 Å². The fraction of sp³-hybridized carbons (Fsp3) is 1.00. The summed E-state index contributed by atoms with van der Waals surface area (Å²) < 4.78 is 27.9. The van der Waals surface area contributed by atoms with E-state index in [4.69, 9.17) is 0 Å².